The van der Waals surface area contributed by atoms with Crippen LogP contribution in [0.2, 0.25) is 6.04 Å². The first kappa shape index (κ1) is 38.5. The molecule has 0 fully saturated rings. The van der Waals surface area contributed by atoms with Crippen LogP contribution < -0.4 is 0 Å². The third-order valence-electron chi connectivity index (χ3n) is 5.63. The second kappa shape index (κ2) is 26.5. The quantitative estimate of drug-likeness (QED) is 0.0811. The summed E-state index contributed by atoms with van der Waals surface area (Å²) in [6.45, 7) is 0. The molecule has 0 aliphatic heterocycles. The number of allylic oxidation sites excluding steroid dienone is 4. The van der Waals surface area contributed by atoms with E-state index in [0.29, 0.717) is 0 Å². The van der Waals surface area contributed by atoms with Crippen LogP contribution in [0.5, 0.6) is 0 Å². The van der Waals surface area contributed by atoms with Gasteiger partial charge in [0.05, 0.1) is 0 Å². The van der Waals surface area contributed by atoms with E-state index in [1.165, 1.54) is 89.0 Å². The Morgan fingerprint density at radius 2 is 1.06 bits per heavy atom. The van der Waals surface area contributed by atoms with Crippen LogP contribution in [-0.4, -0.2) is 30.1 Å². The third-order valence-corrected chi connectivity index (χ3v) is 8.46. The fraction of sp³-hybridized carbons (Fsp3) is 0.731. The minimum Gasteiger partial charge on any atom is -0.377 e. The molecule has 188 valence electrons. The normalized spacial score (nSPS) is 12.3. The Hall–Kier alpha value is 0.265. The van der Waals surface area contributed by atoms with Crippen molar-refractivity contribution in [2.45, 2.75) is 102 Å². The van der Waals surface area contributed by atoms with Gasteiger partial charge >= 0.3 is 29.9 Å². The van der Waals surface area contributed by atoms with Gasteiger partial charge in [0, 0.05) is 27.4 Å². The van der Waals surface area contributed by atoms with Gasteiger partial charge in [-0.1, -0.05) is 83.5 Å². The SMILES string of the molecule is CO[Si](CCCCCCCCCCCCCCCC1=[C-]CC=C1)(OC)OC.[CH3-].[CH3-].[CH3-].[Pt+4]. The molecule has 31 heavy (non-hydrogen) atoms. The average molecular weight is 636 g/mol. The van der Waals surface area contributed by atoms with Gasteiger partial charge in [-0.25, -0.2) is 11.6 Å². The minimum atomic E-state index is -2.33. The van der Waals surface area contributed by atoms with Crippen LogP contribution >= 0.6 is 0 Å². The molecular weight excluding hydrogens is 583 g/mol. The maximum atomic E-state index is 5.46. The zero-order valence-electron chi connectivity index (χ0n) is 21.5. The summed E-state index contributed by atoms with van der Waals surface area (Å²) < 4.78 is 16.4. The second-order valence-electron chi connectivity index (χ2n) is 7.70. The van der Waals surface area contributed by atoms with Gasteiger partial charge in [0.25, 0.3) is 0 Å². The minimum absolute atomic E-state index is 0. The predicted octanol–water partition coefficient (Wildman–Crippen LogP) is 8.36. The number of unbranched alkanes of at least 4 members (excludes halogenated alkanes) is 12. The molecule has 0 aromatic carbocycles. The van der Waals surface area contributed by atoms with Crippen LogP contribution in [0.15, 0.2) is 17.7 Å². The smallest absolute Gasteiger partial charge is 0.377 e. The van der Waals surface area contributed by atoms with Gasteiger partial charge < -0.3 is 35.6 Å². The topological polar surface area (TPSA) is 27.7 Å². The van der Waals surface area contributed by atoms with Crippen molar-refractivity contribution >= 4 is 8.80 Å². The Morgan fingerprint density at radius 1 is 0.677 bits per heavy atom. The average Bonchev–Trinajstić information content (AvgIpc) is 3.22. The summed E-state index contributed by atoms with van der Waals surface area (Å²) in [6.07, 6.45) is 27.8. The Balaban J connectivity index is -0.000000911. The molecule has 1 aliphatic carbocycles. The van der Waals surface area contributed by atoms with Crippen molar-refractivity contribution in [3.05, 3.63) is 46.1 Å². The number of hydrogen-bond acceptors (Lipinski definition) is 3. The molecule has 0 atom stereocenters. The van der Waals surface area contributed by atoms with Crippen LogP contribution in [0.3, 0.4) is 0 Å². The monoisotopic (exact) mass is 635 g/mol. The van der Waals surface area contributed by atoms with E-state index >= 15 is 0 Å². The van der Waals surface area contributed by atoms with Gasteiger partial charge in [0.1, 0.15) is 0 Å². The molecule has 3 nitrogen and oxygen atoms in total. The van der Waals surface area contributed by atoms with E-state index in [2.05, 4.69) is 18.2 Å². The van der Waals surface area contributed by atoms with Crippen LogP contribution in [0.25, 0.3) is 0 Å². The molecule has 5 heteroatoms. The van der Waals surface area contributed by atoms with Crippen LogP contribution in [0.4, 0.5) is 0 Å². The second-order valence-corrected chi connectivity index (χ2v) is 10.8. The molecule has 0 unspecified atom stereocenters. The van der Waals surface area contributed by atoms with Crippen molar-refractivity contribution < 1.29 is 34.3 Å². The summed E-state index contributed by atoms with van der Waals surface area (Å²) in [7, 11) is 2.76. The van der Waals surface area contributed by atoms with Gasteiger partial charge in [-0.15, -0.1) is 6.42 Å². The molecule has 0 N–H and O–H groups in total. The van der Waals surface area contributed by atoms with Crippen molar-refractivity contribution in [3.63, 3.8) is 0 Å². The first-order valence-electron chi connectivity index (χ1n) is 11.2. The van der Waals surface area contributed by atoms with Crippen molar-refractivity contribution in [3.8, 4) is 0 Å². The van der Waals surface area contributed by atoms with Crippen LogP contribution in [0.1, 0.15) is 96.3 Å². The van der Waals surface area contributed by atoms with Gasteiger partial charge in [0.2, 0.25) is 0 Å². The first-order valence-corrected chi connectivity index (χ1v) is 13.1. The van der Waals surface area contributed by atoms with E-state index in [9.17, 15) is 0 Å². The molecule has 1 aliphatic rings. The van der Waals surface area contributed by atoms with Gasteiger partial charge in [0.15, 0.2) is 0 Å². The van der Waals surface area contributed by atoms with Crippen LogP contribution in [-0.2, 0) is 34.3 Å². The Labute approximate surface area is 212 Å². The van der Waals surface area contributed by atoms with E-state index in [1.807, 2.05) is 0 Å². The molecule has 0 saturated carbocycles. The summed E-state index contributed by atoms with van der Waals surface area (Å²) in [4.78, 5) is 0. The van der Waals surface area contributed by atoms with E-state index in [-0.39, 0.29) is 43.3 Å². The van der Waals surface area contributed by atoms with E-state index in [0.717, 1.165) is 18.9 Å². The standard InChI is InChI=1S/C23H43O3Si.3CH3.Pt/c1-24-27(25-2,26-3)22-18-14-12-10-8-6-4-5-7-9-11-13-15-19-23-20-16-17-21-23;;;;/h16,20H,4-15,17-19,22H2,1-3H3;3*1H3;/q4*-1;+4. The zero-order valence-corrected chi connectivity index (χ0v) is 24.8. The molecule has 1 rings (SSSR count). The number of hydrogen-bond donors (Lipinski definition) is 0. The Kier molecular flexibility index (Phi) is 33.0. The van der Waals surface area contributed by atoms with Gasteiger partial charge in [-0.2, -0.15) is 6.08 Å². The molecule has 0 aromatic rings. The Morgan fingerprint density at radius 3 is 1.42 bits per heavy atom. The van der Waals surface area contributed by atoms with Gasteiger partial charge in [-0.3, -0.25) is 6.08 Å². The number of rotatable bonds is 19. The van der Waals surface area contributed by atoms with Crippen molar-refractivity contribution in [1.82, 2.24) is 0 Å². The molecule has 0 saturated heterocycles. The van der Waals surface area contributed by atoms with E-state index in [4.69, 9.17) is 13.3 Å². The molecule has 0 spiro atoms. The van der Waals surface area contributed by atoms with E-state index < -0.39 is 8.80 Å². The third kappa shape index (κ3) is 19.4. The maximum Gasteiger partial charge on any atom is 4.00 e. The van der Waals surface area contributed by atoms with Crippen LogP contribution in [0, 0.1) is 28.4 Å². The summed E-state index contributed by atoms with van der Waals surface area (Å²) in [5.41, 5.74) is 1.44. The molecule has 0 heterocycles. The summed E-state index contributed by atoms with van der Waals surface area (Å²) in [5.74, 6) is 0. The molecular formula is C26H52O3PtSi. The fourth-order valence-electron chi connectivity index (χ4n) is 3.78. The van der Waals surface area contributed by atoms with E-state index in [1.54, 1.807) is 21.3 Å². The molecule has 0 bridgehead atoms. The molecule has 0 amide bonds. The molecule has 0 radical (unpaired) electrons. The fourth-order valence-corrected chi connectivity index (χ4v) is 5.57. The van der Waals surface area contributed by atoms with Crippen molar-refractivity contribution in [1.29, 1.82) is 0 Å². The largest absolute Gasteiger partial charge is 4.00 e. The zero-order chi connectivity index (χ0) is 19.6. The molecule has 0 aromatic heterocycles. The first-order chi connectivity index (χ1) is 13.3. The van der Waals surface area contributed by atoms with Gasteiger partial charge in [-0.05, 0) is 6.42 Å². The summed E-state index contributed by atoms with van der Waals surface area (Å²) in [6, 6.07) is 0.934. The van der Waals surface area contributed by atoms with Crippen molar-refractivity contribution in [2.24, 2.45) is 0 Å². The maximum absolute atomic E-state index is 5.46. The summed E-state index contributed by atoms with van der Waals surface area (Å²) in [5, 5.41) is 0. The summed E-state index contributed by atoms with van der Waals surface area (Å²) >= 11 is 0. The Bertz CT molecular complexity index is 401. The predicted molar refractivity (Wildman–Crippen MR) is 136 cm³/mol. The van der Waals surface area contributed by atoms with Crippen molar-refractivity contribution in [2.75, 3.05) is 21.3 Å².